The first-order valence-corrected chi connectivity index (χ1v) is 7.16. The van der Waals surface area contributed by atoms with Gasteiger partial charge in [0.05, 0.1) is 19.2 Å². The zero-order valence-electron chi connectivity index (χ0n) is 11.0. The molecule has 1 aliphatic heterocycles. The number of aliphatic hydroxyl groups is 1. The number of hydrogen-bond donors (Lipinski definition) is 1. The number of amides is 1. The van der Waals surface area contributed by atoms with Crippen LogP contribution in [0.25, 0.3) is 0 Å². The number of hydrogen-bond acceptors (Lipinski definition) is 2. The molecule has 1 N–H and O–H groups in total. The van der Waals surface area contributed by atoms with Gasteiger partial charge in [-0.25, -0.2) is 4.39 Å². The van der Waals surface area contributed by atoms with Crippen molar-refractivity contribution in [2.75, 3.05) is 13.2 Å². The minimum absolute atomic E-state index is 0.0605. The number of aliphatic hydroxyl groups excluding tert-OH is 1. The summed E-state index contributed by atoms with van der Waals surface area (Å²) in [5, 5.41) is 9.26. The van der Waals surface area contributed by atoms with Crippen LogP contribution in [0.3, 0.4) is 0 Å². The Morgan fingerprint density at radius 2 is 2.32 bits per heavy atom. The monoisotopic (exact) mass is 332 g/mol. The van der Waals surface area contributed by atoms with Crippen LogP contribution in [0.5, 0.6) is 0 Å². The largest absolute Gasteiger partial charge is 0.394 e. The van der Waals surface area contributed by atoms with Crippen molar-refractivity contribution in [1.29, 1.82) is 0 Å². The van der Waals surface area contributed by atoms with Crippen molar-refractivity contribution >= 4 is 21.8 Å². The molecular formula is C13H18BrFN2O2. The van der Waals surface area contributed by atoms with E-state index in [1.807, 2.05) is 24.6 Å². The molecule has 2 heterocycles. The van der Waals surface area contributed by atoms with Gasteiger partial charge in [-0.05, 0) is 35.8 Å². The summed E-state index contributed by atoms with van der Waals surface area (Å²) in [6.07, 6.45) is 1.01. The zero-order valence-corrected chi connectivity index (χ0v) is 12.6. The van der Waals surface area contributed by atoms with Crippen molar-refractivity contribution in [3.8, 4) is 0 Å². The van der Waals surface area contributed by atoms with Gasteiger partial charge in [-0.3, -0.25) is 4.79 Å². The van der Waals surface area contributed by atoms with Crippen LogP contribution >= 0.6 is 15.9 Å². The van der Waals surface area contributed by atoms with E-state index in [0.29, 0.717) is 5.69 Å². The van der Waals surface area contributed by atoms with Crippen LogP contribution in [0.4, 0.5) is 4.39 Å². The fourth-order valence-electron chi connectivity index (χ4n) is 2.47. The third kappa shape index (κ3) is 2.84. The van der Waals surface area contributed by atoms with Gasteiger partial charge in [0, 0.05) is 23.1 Å². The maximum absolute atomic E-state index is 13.4. The second-order valence-corrected chi connectivity index (χ2v) is 6.09. The molecule has 0 bridgehead atoms. The molecule has 4 nitrogen and oxygen atoms in total. The minimum Gasteiger partial charge on any atom is -0.394 e. The van der Waals surface area contributed by atoms with Crippen LogP contribution in [0.1, 0.15) is 36.8 Å². The minimum atomic E-state index is -1.05. The Hall–Kier alpha value is -0.880. The molecule has 106 valence electrons. The number of carbonyl (C=O) groups is 1. The molecule has 1 amide bonds. The van der Waals surface area contributed by atoms with E-state index in [1.54, 1.807) is 6.07 Å². The molecule has 1 saturated heterocycles. The molecule has 1 aromatic heterocycles. The second-order valence-electron chi connectivity index (χ2n) is 5.17. The van der Waals surface area contributed by atoms with Crippen molar-refractivity contribution in [3.05, 3.63) is 22.4 Å². The van der Waals surface area contributed by atoms with Crippen LogP contribution < -0.4 is 0 Å². The molecular weight excluding hydrogens is 315 g/mol. The van der Waals surface area contributed by atoms with E-state index >= 15 is 0 Å². The van der Waals surface area contributed by atoms with E-state index in [4.69, 9.17) is 0 Å². The Kier molecular flexibility index (Phi) is 4.30. The Labute approximate surface area is 120 Å². The highest BCUT2D eigenvalue weighted by Crippen LogP contribution is 2.26. The summed E-state index contributed by atoms with van der Waals surface area (Å²) >= 11 is 3.36. The highest BCUT2D eigenvalue weighted by Gasteiger charge is 2.36. The lowest BCUT2D eigenvalue weighted by Gasteiger charge is -2.24. The number of likely N-dealkylation sites (tertiary alicyclic amines) is 1. The lowest BCUT2D eigenvalue weighted by atomic mass is 10.2. The number of rotatable bonds is 3. The van der Waals surface area contributed by atoms with Crippen LogP contribution in [-0.2, 0) is 0 Å². The smallest absolute Gasteiger partial charge is 0.270 e. The predicted molar refractivity (Wildman–Crippen MR) is 73.9 cm³/mol. The number of nitrogens with zero attached hydrogens (tertiary/aromatic N) is 2. The number of aromatic nitrogens is 1. The molecule has 0 aliphatic carbocycles. The molecule has 0 spiro atoms. The average molecular weight is 333 g/mol. The van der Waals surface area contributed by atoms with Gasteiger partial charge in [0.25, 0.3) is 5.91 Å². The SMILES string of the molecule is CC(C)n1cc(Br)cc1C(=O)N1C[C@@H](F)C[C@H]1CO. The molecule has 1 aromatic rings. The first-order chi connectivity index (χ1) is 8.93. The normalized spacial score (nSPS) is 23.4. The summed E-state index contributed by atoms with van der Waals surface area (Å²) < 4.78 is 16.1. The Morgan fingerprint density at radius 1 is 1.63 bits per heavy atom. The molecule has 0 unspecified atom stereocenters. The Morgan fingerprint density at radius 3 is 2.89 bits per heavy atom. The van der Waals surface area contributed by atoms with Gasteiger partial charge in [-0.1, -0.05) is 0 Å². The van der Waals surface area contributed by atoms with Gasteiger partial charge >= 0.3 is 0 Å². The Balaban J connectivity index is 2.29. The topological polar surface area (TPSA) is 45.5 Å². The third-order valence-corrected chi connectivity index (χ3v) is 3.86. The lowest BCUT2D eigenvalue weighted by Crippen LogP contribution is -2.39. The van der Waals surface area contributed by atoms with Crippen LogP contribution in [-0.4, -0.2) is 45.8 Å². The average Bonchev–Trinajstić information content (AvgIpc) is 2.91. The summed E-state index contributed by atoms with van der Waals surface area (Å²) in [4.78, 5) is 13.9. The second kappa shape index (κ2) is 5.63. The van der Waals surface area contributed by atoms with Crippen molar-refractivity contribution < 1.29 is 14.3 Å². The van der Waals surface area contributed by atoms with E-state index in [-0.39, 0.29) is 31.5 Å². The van der Waals surface area contributed by atoms with Gasteiger partial charge < -0.3 is 14.6 Å². The van der Waals surface area contributed by atoms with Gasteiger partial charge in [0.1, 0.15) is 11.9 Å². The highest BCUT2D eigenvalue weighted by molar-refractivity contribution is 9.10. The number of alkyl halides is 1. The maximum atomic E-state index is 13.4. The quantitative estimate of drug-likeness (QED) is 0.923. The van der Waals surface area contributed by atoms with Gasteiger partial charge in [0.2, 0.25) is 0 Å². The first-order valence-electron chi connectivity index (χ1n) is 6.37. The fourth-order valence-corrected chi connectivity index (χ4v) is 2.91. The fraction of sp³-hybridized carbons (Fsp3) is 0.615. The molecule has 1 aliphatic rings. The molecule has 0 radical (unpaired) electrons. The molecule has 6 heteroatoms. The molecule has 19 heavy (non-hydrogen) atoms. The van der Waals surface area contributed by atoms with Gasteiger partial charge in [0.15, 0.2) is 0 Å². The molecule has 2 rings (SSSR count). The first kappa shape index (κ1) is 14.5. The summed E-state index contributed by atoms with van der Waals surface area (Å²) in [6.45, 7) is 3.82. The zero-order chi connectivity index (χ0) is 14.2. The molecule has 1 fully saturated rings. The van der Waals surface area contributed by atoms with Crippen LogP contribution in [0, 0.1) is 0 Å². The van der Waals surface area contributed by atoms with Crippen molar-refractivity contribution in [2.45, 2.75) is 38.5 Å². The van der Waals surface area contributed by atoms with E-state index in [0.717, 1.165) is 4.47 Å². The summed E-state index contributed by atoms with van der Waals surface area (Å²) in [5.74, 6) is -0.224. The summed E-state index contributed by atoms with van der Waals surface area (Å²) in [7, 11) is 0. The third-order valence-electron chi connectivity index (χ3n) is 3.43. The Bertz CT molecular complexity index is 475. The van der Waals surface area contributed by atoms with Crippen LogP contribution in [0.15, 0.2) is 16.7 Å². The van der Waals surface area contributed by atoms with E-state index in [2.05, 4.69) is 15.9 Å². The molecule has 0 aromatic carbocycles. The van der Waals surface area contributed by atoms with Crippen molar-refractivity contribution in [1.82, 2.24) is 9.47 Å². The maximum Gasteiger partial charge on any atom is 0.270 e. The van der Waals surface area contributed by atoms with E-state index in [9.17, 15) is 14.3 Å². The summed E-state index contributed by atoms with van der Waals surface area (Å²) in [5.41, 5.74) is 0.523. The van der Waals surface area contributed by atoms with E-state index < -0.39 is 12.2 Å². The molecule has 2 atom stereocenters. The lowest BCUT2D eigenvalue weighted by molar-refractivity contribution is 0.0660. The van der Waals surface area contributed by atoms with Crippen LogP contribution in [0.2, 0.25) is 0 Å². The van der Waals surface area contributed by atoms with Crippen molar-refractivity contribution in [3.63, 3.8) is 0 Å². The number of carbonyl (C=O) groups excluding carboxylic acids is 1. The molecule has 0 saturated carbocycles. The standard InChI is InChI=1S/C13H18BrFN2O2/c1-8(2)16-5-9(14)3-12(16)13(19)17-6-10(15)4-11(17)7-18/h3,5,8,10-11,18H,4,6-7H2,1-2H3/t10-,11-/m0/s1. The van der Waals surface area contributed by atoms with Gasteiger partial charge in [-0.2, -0.15) is 0 Å². The predicted octanol–water partition coefficient (Wildman–Crippen LogP) is 2.38. The number of halogens is 2. The van der Waals surface area contributed by atoms with Gasteiger partial charge in [-0.15, -0.1) is 0 Å². The highest BCUT2D eigenvalue weighted by atomic mass is 79.9. The van der Waals surface area contributed by atoms with E-state index in [1.165, 1.54) is 4.90 Å². The summed E-state index contributed by atoms with van der Waals surface area (Å²) in [6, 6.07) is 1.46. The van der Waals surface area contributed by atoms with Crippen molar-refractivity contribution in [2.24, 2.45) is 0 Å².